The van der Waals surface area contributed by atoms with Gasteiger partial charge in [-0.1, -0.05) is 59.6 Å². The molecule has 0 saturated carbocycles. The predicted molar refractivity (Wildman–Crippen MR) is 125 cm³/mol. The number of benzene rings is 3. The average Bonchev–Trinajstić information content (AvgIpc) is 2.78. The fraction of sp³-hybridized carbons (Fsp3) is 0.208. The lowest BCUT2D eigenvalue weighted by atomic mass is 10.1. The number of nitrogens with zero attached hydrogens (tertiary/aromatic N) is 1. The fourth-order valence-corrected chi connectivity index (χ4v) is 4.81. The molecule has 0 atom stereocenters. The minimum atomic E-state index is -3.92. The van der Waals surface area contributed by atoms with E-state index < -0.39 is 10.0 Å². The predicted octanol–water partition coefficient (Wildman–Crippen LogP) is 4.41. The number of rotatable bonds is 8. The number of hydrogen-bond acceptors (Lipinski definition) is 4. The number of halogens is 1. The summed E-state index contributed by atoms with van der Waals surface area (Å²) in [7, 11) is -0.687. The Balaban J connectivity index is 1.81. The Morgan fingerprint density at radius 1 is 1.06 bits per heavy atom. The van der Waals surface area contributed by atoms with Crippen molar-refractivity contribution in [3.05, 3.63) is 94.0 Å². The molecule has 1 N–H and O–H groups in total. The highest BCUT2D eigenvalue weighted by Gasteiger charge is 2.22. The summed E-state index contributed by atoms with van der Waals surface area (Å²) in [6.45, 7) is 2.38. The number of sulfonamides is 1. The van der Waals surface area contributed by atoms with Crippen LogP contribution in [-0.2, 0) is 23.1 Å². The second-order valence-electron chi connectivity index (χ2n) is 7.43. The summed E-state index contributed by atoms with van der Waals surface area (Å²) in [6, 6.07) is 19.1. The first-order chi connectivity index (χ1) is 15.2. The van der Waals surface area contributed by atoms with E-state index in [1.807, 2.05) is 55.5 Å². The standard InChI is InChI=1S/C24H25ClN2O4S/c1-17-9-12-22(31-3)20(13-17)16-27(2)24(28)19-10-11-21(25)23(14-19)32(29,30)26-15-18-7-5-4-6-8-18/h4-14,26H,15-16H2,1-3H3. The van der Waals surface area contributed by atoms with E-state index in [-0.39, 0.29) is 27.9 Å². The van der Waals surface area contributed by atoms with Crippen LogP contribution in [0.1, 0.15) is 27.0 Å². The Labute approximate surface area is 193 Å². The van der Waals surface area contributed by atoms with E-state index in [4.69, 9.17) is 16.3 Å². The van der Waals surface area contributed by atoms with Crippen LogP contribution in [0.2, 0.25) is 5.02 Å². The first kappa shape index (κ1) is 23.8. The first-order valence-electron chi connectivity index (χ1n) is 9.93. The summed E-state index contributed by atoms with van der Waals surface area (Å²) in [6.07, 6.45) is 0. The van der Waals surface area contributed by atoms with Gasteiger partial charge in [0.15, 0.2) is 0 Å². The van der Waals surface area contributed by atoms with E-state index in [1.54, 1.807) is 14.2 Å². The molecule has 0 fully saturated rings. The van der Waals surface area contributed by atoms with Crippen LogP contribution in [0.25, 0.3) is 0 Å². The van der Waals surface area contributed by atoms with Gasteiger partial charge in [0.05, 0.1) is 12.1 Å². The van der Waals surface area contributed by atoms with Gasteiger partial charge in [-0.2, -0.15) is 0 Å². The van der Waals surface area contributed by atoms with E-state index in [0.29, 0.717) is 12.3 Å². The summed E-state index contributed by atoms with van der Waals surface area (Å²) in [5.41, 5.74) is 2.94. The summed E-state index contributed by atoms with van der Waals surface area (Å²) in [5.74, 6) is 0.351. The number of carbonyl (C=O) groups excluding carboxylic acids is 1. The number of methoxy groups -OCH3 is 1. The van der Waals surface area contributed by atoms with E-state index in [0.717, 1.165) is 16.7 Å². The van der Waals surface area contributed by atoms with Crippen molar-refractivity contribution in [1.82, 2.24) is 9.62 Å². The van der Waals surface area contributed by atoms with Crippen LogP contribution in [-0.4, -0.2) is 33.4 Å². The number of carbonyl (C=O) groups is 1. The molecular formula is C24H25ClN2O4S. The van der Waals surface area contributed by atoms with Gasteiger partial charge < -0.3 is 9.64 Å². The maximum Gasteiger partial charge on any atom is 0.253 e. The Kier molecular flexibility index (Phi) is 7.56. The molecule has 0 heterocycles. The first-order valence-corrected chi connectivity index (χ1v) is 11.8. The average molecular weight is 473 g/mol. The highest BCUT2D eigenvalue weighted by atomic mass is 35.5. The SMILES string of the molecule is COc1ccc(C)cc1CN(C)C(=O)c1ccc(Cl)c(S(=O)(=O)NCc2ccccc2)c1. The van der Waals surface area contributed by atoms with Crippen molar-refractivity contribution in [3.63, 3.8) is 0 Å². The molecule has 0 bridgehead atoms. The van der Waals surface area contributed by atoms with Crippen molar-refractivity contribution < 1.29 is 17.9 Å². The van der Waals surface area contributed by atoms with Crippen molar-refractivity contribution in [2.45, 2.75) is 24.9 Å². The van der Waals surface area contributed by atoms with Crippen LogP contribution in [0, 0.1) is 6.92 Å². The Morgan fingerprint density at radius 3 is 2.47 bits per heavy atom. The van der Waals surface area contributed by atoms with Gasteiger partial charge in [-0.05, 0) is 36.8 Å². The van der Waals surface area contributed by atoms with Crippen LogP contribution >= 0.6 is 11.6 Å². The minimum Gasteiger partial charge on any atom is -0.496 e. The molecule has 32 heavy (non-hydrogen) atoms. The topological polar surface area (TPSA) is 75.7 Å². The van der Waals surface area contributed by atoms with E-state index in [9.17, 15) is 13.2 Å². The number of hydrogen-bond donors (Lipinski definition) is 1. The van der Waals surface area contributed by atoms with Crippen LogP contribution in [0.4, 0.5) is 0 Å². The molecule has 6 nitrogen and oxygen atoms in total. The molecule has 0 aliphatic carbocycles. The third-order valence-corrected chi connectivity index (χ3v) is 6.85. The molecule has 0 aromatic heterocycles. The summed E-state index contributed by atoms with van der Waals surface area (Å²) < 4.78 is 33.6. The normalized spacial score (nSPS) is 11.2. The molecule has 0 radical (unpaired) electrons. The van der Waals surface area contributed by atoms with E-state index in [1.165, 1.54) is 23.1 Å². The third kappa shape index (κ3) is 5.68. The van der Waals surface area contributed by atoms with Gasteiger partial charge >= 0.3 is 0 Å². The quantitative estimate of drug-likeness (QED) is 0.527. The molecule has 1 amide bonds. The monoisotopic (exact) mass is 472 g/mol. The summed E-state index contributed by atoms with van der Waals surface area (Å²) >= 11 is 6.17. The molecule has 0 aliphatic heterocycles. The van der Waals surface area contributed by atoms with E-state index >= 15 is 0 Å². The molecule has 0 unspecified atom stereocenters. The van der Waals surface area contributed by atoms with Crippen molar-refractivity contribution in [1.29, 1.82) is 0 Å². The van der Waals surface area contributed by atoms with E-state index in [2.05, 4.69) is 4.72 Å². The van der Waals surface area contributed by atoms with Crippen molar-refractivity contribution in [2.75, 3.05) is 14.2 Å². The number of aryl methyl sites for hydroxylation is 1. The second kappa shape index (κ2) is 10.2. The van der Waals surface area contributed by atoms with Gasteiger partial charge in [-0.25, -0.2) is 13.1 Å². The van der Waals surface area contributed by atoms with Gasteiger partial charge in [0, 0.05) is 31.3 Å². The molecular weight excluding hydrogens is 448 g/mol. The van der Waals surface area contributed by atoms with Gasteiger partial charge in [0.2, 0.25) is 10.0 Å². The lowest BCUT2D eigenvalue weighted by molar-refractivity contribution is 0.0784. The maximum atomic E-state index is 13.0. The molecule has 0 saturated heterocycles. The molecule has 3 rings (SSSR count). The number of ether oxygens (including phenoxy) is 1. The summed E-state index contributed by atoms with van der Waals surface area (Å²) in [4.78, 5) is 14.4. The highest BCUT2D eigenvalue weighted by Crippen LogP contribution is 2.25. The molecule has 0 aliphatic rings. The second-order valence-corrected chi connectivity index (χ2v) is 9.57. The van der Waals surface area contributed by atoms with Gasteiger partial charge in [0.25, 0.3) is 5.91 Å². The Morgan fingerprint density at radius 2 is 1.78 bits per heavy atom. The number of nitrogens with one attached hydrogen (secondary N) is 1. The highest BCUT2D eigenvalue weighted by molar-refractivity contribution is 7.89. The zero-order chi connectivity index (χ0) is 23.3. The minimum absolute atomic E-state index is 0.0464. The largest absolute Gasteiger partial charge is 0.496 e. The zero-order valence-electron chi connectivity index (χ0n) is 18.1. The number of amides is 1. The van der Waals surface area contributed by atoms with Gasteiger partial charge in [0.1, 0.15) is 10.6 Å². The van der Waals surface area contributed by atoms with Crippen molar-refractivity contribution in [2.24, 2.45) is 0 Å². The maximum absolute atomic E-state index is 13.0. The molecule has 8 heteroatoms. The van der Waals surface area contributed by atoms with Crippen LogP contribution < -0.4 is 9.46 Å². The van der Waals surface area contributed by atoms with Crippen molar-refractivity contribution >= 4 is 27.5 Å². The Bertz CT molecular complexity index is 1210. The molecule has 0 spiro atoms. The van der Waals surface area contributed by atoms with Gasteiger partial charge in [-0.3, -0.25) is 4.79 Å². The third-order valence-electron chi connectivity index (χ3n) is 4.97. The summed E-state index contributed by atoms with van der Waals surface area (Å²) in [5, 5.41) is 0.0464. The molecule has 3 aromatic rings. The van der Waals surface area contributed by atoms with Crippen molar-refractivity contribution in [3.8, 4) is 5.75 Å². The Hall–Kier alpha value is -2.87. The lowest BCUT2D eigenvalue weighted by Gasteiger charge is -2.20. The molecule has 3 aromatic carbocycles. The van der Waals surface area contributed by atoms with Crippen LogP contribution in [0.3, 0.4) is 0 Å². The van der Waals surface area contributed by atoms with Gasteiger partial charge in [-0.15, -0.1) is 0 Å². The zero-order valence-corrected chi connectivity index (χ0v) is 19.7. The van der Waals surface area contributed by atoms with Crippen LogP contribution in [0.15, 0.2) is 71.6 Å². The fourth-order valence-electron chi connectivity index (χ4n) is 3.27. The van der Waals surface area contributed by atoms with Crippen LogP contribution in [0.5, 0.6) is 5.75 Å². The smallest absolute Gasteiger partial charge is 0.253 e. The molecule has 168 valence electrons. The lowest BCUT2D eigenvalue weighted by Crippen LogP contribution is -2.27.